The summed E-state index contributed by atoms with van der Waals surface area (Å²) in [6, 6.07) is 14.2. The van der Waals surface area contributed by atoms with Crippen LogP contribution in [0.15, 0.2) is 72.8 Å². The van der Waals surface area contributed by atoms with Crippen molar-refractivity contribution in [2.24, 2.45) is 0 Å². The Morgan fingerprint density at radius 3 is 1.68 bits per heavy atom. The Morgan fingerprint density at radius 1 is 0.706 bits per heavy atom. The van der Waals surface area contributed by atoms with E-state index in [0.29, 0.717) is 16.7 Å². The van der Waals surface area contributed by atoms with E-state index in [2.05, 4.69) is 9.47 Å². The molecular weight excluding hydrogens is 470 g/mol. The summed E-state index contributed by atoms with van der Waals surface area (Å²) in [4.78, 5) is 11.0. The lowest BCUT2D eigenvalue weighted by Crippen LogP contribution is -2.16. The monoisotopic (exact) mass is 484 g/mol. The molecule has 3 rings (SSSR count). The Bertz CT molecular complexity index is 1170. The average molecular weight is 484 g/mol. The van der Waals surface area contributed by atoms with Gasteiger partial charge in [-0.05, 0) is 65.7 Å². The van der Waals surface area contributed by atoms with Crippen LogP contribution in [0.25, 0.3) is 17.2 Å². The molecule has 0 aliphatic heterocycles. The number of halogens is 6. The van der Waals surface area contributed by atoms with E-state index in [1.54, 1.807) is 6.07 Å². The predicted molar refractivity (Wildman–Crippen MR) is 108 cm³/mol. The molecule has 5 nitrogen and oxygen atoms in total. The molecule has 0 bridgehead atoms. The summed E-state index contributed by atoms with van der Waals surface area (Å²) in [5.74, 6) is -1.75. The van der Waals surface area contributed by atoms with Crippen molar-refractivity contribution in [3.8, 4) is 34.1 Å². The first-order valence-electron chi connectivity index (χ1n) is 9.33. The highest BCUT2D eigenvalue weighted by atomic mass is 19.4. The molecule has 0 saturated carbocycles. The van der Waals surface area contributed by atoms with Crippen molar-refractivity contribution in [3.05, 3.63) is 78.4 Å². The summed E-state index contributed by atoms with van der Waals surface area (Å²) >= 11 is 0. The van der Waals surface area contributed by atoms with E-state index in [0.717, 1.165) is 30.3 Å². The second-order valence-electron chi connectivity index (χ2n) is 6.62. The van der Waals surface area contributed by atoms with E-state index >= 15 is 0 Å². The zero-order valence-electron chi connectivity index (χ0n) is 16.9. The van der Waals surface area contributed by atoms with Gasteiger partial charge in [-0.15, -0.1) is 26.3 Å². The molecule has 0 fully saturated rings. The third-order valence-electron chi connectivity index (χ3n) is 4.12. The van der Waals surface area contributed by atoms with Crippen LogP contribution in [0, 0.1) is 0 Å². The summed E-state index contributed by atoms with van der Waals surface area (Å²) in [7, 11) is 0. The van der Waals surface area contributed by atoms with Gasteiger partial charge in [0.1, 0.15) is 23.0 Å². The lowest BCUT2D eigenvalue weighted by atomic mass is 10.0. The standard InChI is InChI=1S/C23H14F6O5/c24-22(25,26)33-18-5-1-14(2-6-18)15-3-11-20(16(13-15)4-12-21(30)31)32-17-7-9-19(10-8-17)34-23(27,28)29/h1-13H,(H,30,31). The Balaban J connectivity index is 1.86. The molecule has 0 spiro atoms. The number of aliphatic carboxylic acids is 1. The van der Waals surface area contributed by atoms with Gasteiger partial charge < -0.3 is 19.3 Å². The molecule has 1 N–H and O–H groups in total. The number of carbonyl (C=O) groups is 1. The number of hydrogen-bond donors (Lipinski definition) is 1. The molecule has 34 heavy (non-hydrogen) atoms. The van der Waals surface area contributed by atoms with Crippen molar-refractivity contribution in [2.75, 3.05) is 0 Å². The fourth-order valence-electron chi connectivity index (χ4n) is 2.80. The lowest BCUT2D eigenvalue weighted by Gasteiger charge is -2.13. The van der Waals surface area contributed by atoms with E-state index in [4.69, 9.17) is 9.84 Å². The molecule has 178 valence electrons. The summed E-state index contributed by atoms with van der Waals surface area (Å²) in [6.45, 7) is 0. The number of hydrogen-bond acceptors (Lipinski definition) is 4. The van der Waals surface area contributed by atoms with Gasteiger partial charge in [0.15, 0.2) is 0 Å². The van der Waals surface area contributed by atoms with Crippen LogP contribution in [0.3, 0.4) is 0 Å². The molecule has 0 heterocycles. The van der Waals surface area contributed by atoms with E-state index in [1.807, 2.05) is 0 Å². The highest BCUT2D eigenvalue weighted by molar-refractivity contribution is 5.86. The molecule has 0 radical (unpaired) electrons. The molecule has 0 saturated heterocycles. The minimum Gasteiger partial charge on any atom is -0.478 e. The highest BCUT2D eigenvalue weighted by Gasteiger charge is 2.31. The third kappa shape index (κ3) is 7.47. The zero-order valence-corrected chi connectivity index (χ0v) is 16.9. The third-order valence-corrected chi connectivity index (χ3v) is 4.12. The number of rotatable bonds is 7. The second-order valence-corrected chi connectivity index (χ2v) is 6.62. The van der Waals surface area contributed by atoms with Crippen molar-refractivity contribution < 1.29 is 50.5 Å². The Kier molecular flexibility index (Phi) is 7.04. The first-order valence-corrected chi connectivity index (χ1v) is 9.33. The van der Waals surface area contributed by atoms with Crippen molar-refractivity contribution in [2.45, 2.75) is 12.7 Å². The molecule has 0 amide bonds. The number of carboxylic acid groups (broad SMARTS) is 1. The van der Waals surface area contributed by atoms with Crippen molar-refractivity contribution in [3.63, 3.8) is 0 Å². The maximum Gasteiger partial charge on any atom is 0.573 e. The van der Waals surface area contributed by atoms with Gasteiger partial charge in [-0.3, -0.25) is 0 Å². The minimum absolute atomic E-state index is 0.154. The van der Waals surface area contributed by atoms with Crippen LogP contribution in [-0.2, 0) is 4.79 Å². The van der Waals surface area contributed by atoms with Crippen molar-refractivity contribution in [1.29, 1.82) is 0 Å². The Hall–Kier alpha value is -4.15. The summed E-state index contributed by atoms with van der Waals surface area (Å²) in [5.41, 5.74) is 1.34. The van der Waals surface area contributed by atoms with Crippen LogP contribution < -0.4 is 14.2 Å². The van der Waals surface area contributed by atoms with Crippen LogP contribution in [0.5, 0.6) is 23.0 Å². The SMILES string of the molecule is O=C(O)C=Cc1cc(-c2ccc(OC(F)(F)F)cc2)ccc1Oc1ccc(OC(F)(F)F)cc1. The first-order chi connectivity index (χ1) is 15.9. The molecule has 3 aromatic rings. The van der Waals surface area contributed by atoms with Crippen LogP contribution >= 0.6 is 0 Å². The zero-order chi connectivity index (χ0) is 24.9. The summed E-state index contributed by atoms with van der Waals surface area (Å²) in [5, 5.41) is 8.95. The molecule has 0 unspecified atom stereocenters. The van der Waals surface area contributed by atoms with Crippen LogP contribution in [0.2, 0.25) is 0 Å². The maximum atomic E-state index is 12.3. The van der Waals surface area contributed by atoms with Crippen LogP contribution in [0.4, 0.5) is 26.3 Å². The van der Waals surface area contributed by atoms with Crippen LogP contribution in [-0.4, -0.2) is 23.8 Å². The van der Waals surface area contributed by atoms with E-state index in [-0.39, 0.29) is 11.5 Å². The maximum absolute atomic E-state index is 12.3. The normalized spacial score (nSPS) is 11.9. The molecule has 3 aromatic carbocycles. The molecular formula is C23H14F6O5. The quantitative estimate of drug-likeness (QED) is 0.288. The van der Waals surface area contributed by atoms with Gasteiger partial charge in [-0.2, -0.15) is 0 Å². The first kappa shape index (κ1) is 24.5. The Morgan fingerprint density at radius 2 is 1.18 bits per heavy atom. The largest absolute Gasteiger partial charge is 0.573 e. The van der Waals surface area contributed by atoms with Crippen molar-refractivity contribution in [1.82, 2.24) is 0 Å². The van der Waals surface area contributed by atoms with Gasteiger partial charge in [0, 0.05) is 11.6 Å². The van der Waals surface area contributed by atoms with E-state index in [9.17, 15) is 31.1 Å². The smallest absolute Gasteiger partial charge is 0.478 e. The molecule has 0 aliphatic carbocycles. The van der Waals surface area contributed by atoms with Gasteiger partial charge in [0.25, 0.3) is 0 Å². The topological polar surface area (TPSA) is 65.0 Å². The molecule has 0 aromatic heterocycles. The van der Waals surface area contributed by atoms with Gasteiger partial charge in [-0.1, -0.05) is 18.2 Å². The minimum atomic E-state index is -4.84. The fraction of sp³-hybridized carbons (Fsp3) is 0.0870. The van der Waals surface area contributed by atoms with Gasteiger partial charge in [0.05, 0.1) is 0 Å². The summed E-state index contributed by atoms with van der Waals surface area (Å²) in [6.07, 6.45) is -7.58. The second kappa shape index (κ2) is 9.77. The molecule has 0 atom stereocenters. The number of benzene rings is 3. The number of alkyl halides is 6. The molecule has 11 heteroatoms. The van der Waals surface area contributed by atoms with Gasteiger partial charge >= 0.3 is 18.7 Å². The van der Waals surface area contributed by atoms with E-state index in [1.165, 1.54) is 42.5 Å². The van der Waals surface area contributed by atoms with Gasteiger partial charge in [0.2, 0.25) is 0 Å². The number of carboxylic acids is 1. The van der Waals surface area contributed by atoms with Crippen molar-refractivity contribution >= 4 is 12.0 Å². The fourth-order valence-corrected chi connectivity index (χ4v) is 2.80. The highest BCUT2D eigenvalue weighted by Crippen LogP contribution is 2.33. The number of ether oxygens (including phenoxy) is 3. The van der Waals surface area contributed by atoms with Gasteiger partial charge in [-0.25, -0.2) is 4.79 Å². The predicted octanol–water partition coefficient (Wildman–Crippen LogP) is 7.04. The summed E-state index contributed by atoms with van der Waals surface area (Å²) < 4.78 is 87.2. The van der Waals surface area contributed by atoms with E-state index < -0.39 is 30.2 Å². The lowest BCUT2D eigenvalue weighted by molar-refractivity contribution is -0.275. The Labute approximate surface area is 188 Å². The van der Waals surface area contributed by atoms with Crippen LogP contribution in [0.1, 0.15) is 5.56 Å². The molecule has 0 aliphatic rings. The average Bonchev–Trinajstić information content (AvgIpc) is 2.73.